The van der Waals surface area contributed by atoms with Crippen molar-refractivity contribution in [1.29, 1.82) is 0 Å². The van der Waals surface area contributed by atoms with Crippen LogP contribution in [0.4, 0.5) is 4.79 Å². The largest absolute Gasteiger partial charge is 0.464 e. The lowest BCUT2D eigenvalue weighted by atomic mass is 10.1. The first kappa shape index (κ1) is 12.2. The highest BCUT2D eigenvalue weighted by atomic mass is 16.4. The number of hydrazine groups is 3. The standard InChI is InChI=1S/C9H20N4O2/c14-9(15)13-8-6-4-2-1-3-5-7-10-11-12-13/h10-12H,1-8H2,(H,14,15). The number of nitrogens with one attached hydrogen (secondary N) is 3. The average molecular weight is 216 g/mol. The van der Waals surface area contributed by atoms with E-state index in [-0.39, 0.29) is 0 Å². The van der Waals surface area contributed by atoms with Crippen LogP contribution in [0.5, 0.6) is 0 Å². The first-order chi connectivity index (χ1) is 7.30. The fraction of sp³-hybridized carbons (Fsp3) is 0.889. The van der Waals surface area contributed by atoms with E-state index >= 15 is 0 Å². The van der Waals surface area contributed by atoms with E-state index in [0.29, 0.717) is 6.54 Å². The second-order valence-electron chi connectivity index (χ2n) is 3.72. The molecule has 0 saturated carbocycles. The van der Waals surface area contributed by atoms with Gasteiger partial charge in [0.1, 0.15) is 0 Å². The van der Waals surface area contributed by atoms with Crippen molar-refractivity contribution in [2.24, 2.45) is 0 Å². The molecule has 0 spiro atoms. The Morgan fingerprint density at radius 1 is 1.07 bits per heavy atom. The van der Waals surface area contributed by atoms with Crippen molar-refractivity contribution in [3.63, 3.8) is 0 Å². The molecule has 0 aromatic rings. The zero-order chi connectivity index (χ0) is 10.9. The molecule has 1 saturated heterocycles. The Hall–Kier alpha value is -0.850. The van der Waals surface area contributed by atoms with Gasteiger partial charge in [0.15, 0.2) is 0 Å². The highest BCUT2D eigenvalue weighted by Crippen LogP contribution is 2.05. The first-order valence-corrected chi connectivity index (χ1v) is 5.54. The van der Waals surface area contributed by atoms with E-state index in [1.807, 2.05) is 0 Å². The summed E-state index contributed by atoms with van der Waals surface area (Å²) in [6.45, 7) is 1.37. The molecule has 4 N–H and O–H groups in total. The van der Waals surface area contributed by atoms with Crippen molar-refractivity contribution in [2.75, 3.05) is 13.1 Å². The maximum absolute atomic E-state index is 10.8. The fourth-order valence-electron chi connectivity index (χ4n) is 1.56. The quantitative estimate of drug-likeness (QED) is 0.482. The maximum Gasteiger partial charge on any atom is 0.422 e. The second-order valence-corrected chi connectivity index (χ2v) is 3.72. The van der Waals surface area contributed by atoms with Gasteiger partial charge in [-0.2, -0.15) is 11.1 Å². The van der Waals surface area contributed by atoms with E-state index in [1.165, 1.54) is 19.3 Å². The molecule has 1 amide bonds. The Bertz CT molecular complexity index is 177. The average Bonchev–Trinajstić information content (AvgIpc) is 2.18. The van der Waals surface area contributed by atoms with E-state index in [4.69, 9.17) is 5.11 Å². The number of carbonyl (C=O) groups is 1. The van der Waals surface area contributed by atoms with E-state index in [2.05, 4.69) is 16.5 Å². The molecule has 0 aliphatic carbocycles. The monoisotopic (exact) mass is 216 g/mol. The summed E-state index contributed by atoms with van der Waals surface area (Å²) in [5.41, 5.74) is 8.21. The molecule has 1 rings (SSSR count). The molecule has 0 bridgehead atoms. The Morgan fingerprint density at radius 3 is 2.47 bits per heavy atom. The van der Waals surface area contributed by atoms with Gasteiger partial charge in [0.25, 0.3) is 0 Å². The van der Waals surface area contributed by atoms with Crippen molar-refractivity contribution in [2.45, 2.75) is 38.5 Å². The smallest absolute Gasteiger partial charge is 0.422 e. The molecule has 1 aliphatic heterocycles. The van der Waals surface area contributed by atoms with Gasteiger partial charge in [-0.05, 0) is 12.8 Å². The molecular weight excluding hydrogens is 196 g/mol. The third-order valence-electron chi connectivity index (χ3n) is 2.44. The third-order valence-corrected chi connectivity index (χ3v) is 2.44. The molecule has 15 heavy (non-hydrogen) atoms. The highest BCUT2D eigenvalue weighted by molar-refractivity contribution is 5.64. The summed E-state index contributed by atoms with van der Waals surface area (Å²) in [5, 5.41) is 10.0. The predicted octanol–water partition coefficient (Wildman–Crippen LogP) is 0.834. The predicted molar refractivity (Wildman–Crippen MR) is 56.7 cm³/mol. The van der Waals surface area contributed by atoms with E-state index in [9.17, 15) is 4.79 Å². The zero-order valence-corrected chi connectivity index (χ0v) is 8.96. The Morgan fingerprint density at radius 2 is 1.73 bits per heavy atom. The number of hydrogen-bond donors (Lipinski definition) is 4. The van der Waals surface area contributed by atoms with Crippen LogP contribution in [-0.4, -0.2) is 29.3 Å². The normalized spacial score (nSPS) is 21.5. The molecule has 0 aromatic carbocycles. The van der Waals surface area contributed by atoms with Crippen molar-refractivity contribution in [3.8, 4) is 0 Å². The minimum atomic E-state index is -0.957. The number of hydrogen-bond acceptors (Lipinski definition) is 4. The summed E-state index contributed by atoms with van der Waals surface area (Å²) in [6.07, 6.45) is 5.82. The summed E-state index contributed by atoms with van der Waals surface area (Å²) in [4.78, 5) is 10.8. The fourth-order valence-corrected chi connectivity index (χ4v) is 1.56. The van der Waals surface area contributed by atoms with Crippen LogP contribution in [0.25, 0.3) is 0 Å². The minimum Gasteiger partial charge on any atom is -0.464 e. The lowest BCUT2D eigenvalue weighted by Gasteiger charge is -2.21. The summed E-state index contributed by atoms with van der Waals surface area (Å²) >= 11 is 0. The molecule has 1 aliphatic rings. The van der Waals surface area contributed by atoms with Crippen LogP contribution in [-0.2, 0) is 0 Å². The first-order valence-electron chi connectivity index (χ1n) is 5.54. The van der Waals surface area contributed by atoms with Crippen LogP contribution in [0.3, 0.4) is 0 Å². The topological polar surface area (TPSA) is 76.6 Å². The van der Waals surface area contributed by atoms with Crippen molar-refractivity contribution in [3.05, 3.63) is 0 Å². The van der Waals surface area contributed by atoms with Crippen molar-refractivity contribution < 1.29 is 9.90 Å². The van der Waals surface area contributed by atoms with Crippen LogP contribution in [0, 0.1) is 0 Å². The molecule has 1 fully saturated rings. The van der Waals surface area contributed by atoms with Gasteiger partial charge in [-0.15, -0.1) is 0 Å². The van der Waals surface area contributed by atoms with Crippen LogP contribution in [0.2, 0.25) is 0 Å². The van der Waals surface area contributed by atoms with Crippen molar-refractivity contribution >= 4 is 6.09 Å². The molecule has 0 aromatic heterocycles. The van der Waals surface area contributed by atoms with E-state index in [0.717, 1.165) is 30.8 Å². The van der Waals surface area contributed by atoms with Crippen LogP contribution in [0.1, 0.15) is 38.5 Å². The number of nitrogens with zero attached hydrogens (tertiary/aromatic N) is 1. The Kier molecular flexibility index (Phi) is 6.06. The molecule has 0 atom stereocenters. The number of amides is 1. The number of rotatable bonds is 0. The molecule has 0 radical (unpaired) electrons. The SMILES string of the molecule is O=C(O)N1CCCCCCCCNNN1. The van der Waals surface area contributed by atoms with Crippen molar-refractivity contribution in [1.82, 2.24) is 21.5 Å². The lowest BCUT2D eigenvalue weighted by molar-refractivity contribution is 0.0979. The third kappa shape index (κ3) is 5.56. The molecule has 1 heterocycles. The van der Waals surface area contributed by atoms with Gasteiger partial charge in [0.2, 0.25) is 0 Å². The maximum atomic E-state index is 10.8. The Balaban J connectivity index is 2.28. The summed E-state index contributed by atoms with van der Waals surface area (Å²) in [7, 11) is 0. The van der Waals surface area contributed by atoms with E-state index in [1.54, 1.807) is 0 Å². The zero-order valence-electron chi connectivity index (χ0n) is 8.96. The van der Waals surface area contributed by atoms with Gasteiger partial charge in [-0.3, -0.25) is 0 Å². The van der Waals surface area contributed by atoms with Gasteiger partial charge in [0.05, 0.1) is 0 Å². The van der Waals surface area contributed by atoms with Crippen LogP contribution >= 0.6 is 0 Å². The van der Waals surface area contributed by atoms with Gasteiger partial charge < -0.3 is 5.11 Å². The minimum absolute atomic E-state index is 0.518. The summed E-state index contributed by atoms with van der Waals surface area (Å²) in [6, 6.07) is 0. The Labute approximate surface area is 89.9 Å². The molecular formula is C9H20N4O2. The van der Waals surface area contributed by atoms with Crippen LogP contribution < -0.4 is 16.5 Å². The molecule has 6 nitrogen and oxygen atoms in total. The van der Waals surface area contributed by atoms with Gasteiger partial charge >= 0.3 is 6.09 Å². The molecule has 88 valence electrons. The van der Waals surface area contributed by atoms with E-state index < -0.39 is 6.09 Å². The van der Waals surface area contributed by atoms with Gasteiger partial charge in [-0.1, -0.05) is 25.7 Å². The summed E-state index contributed by atoms with van der Waals surface area (Å²) in [5.74, 6) is 0. The highest BCUT2D eigenvalue weighted by Gasteiger charge is 2.10. The van der Waals surface area contributed by atoms with Crippen LogP contribution in [0.15, 0.2) is 0 Å². The molecule has 6 heteroatoms. The molecule has 0 unspecified atom stereocenters. The van der Waals surface area contributed by atoms with Gasteiger partial charge in [-0.25, -0.2) is 15.2 Å². The van der Waals surface area contributed by atoms with Gasteiger partial charge in [0, 0.05) is 13.1 Å². The summed E-state index contributed by atoms with van der Waals surface area (Å²) < 4.78 is 0. The number of carboxylic acid groups (broad SMARTS) is 1. The lowest BCUT2D eigenvalue weighted by Crippen LogP contribution is -2.55. The second kappa shape index (κ2) is 7.44.